The Kier molecular flexibility index (Phi) is 13.0. The molecule has 42 heavy (non-hydrogen) atoms. The predicted octanol–water partition coefficient (Wildman–Crippen LogP) is 6.99. The van der Waals surface area contributed by atoms with E-state index in [9.17, 15) is 9.59 Å². The Morgan fingerprint density at radius 2 is 0.881 bits per heavy atom. The maximum absolute atomic E-state index is 12.7. The van der Waals surface area contributed by atoms with Crippen LogP contribution in [0.25, 0.3) is 0 Å². The van der Waals surface area contributed by atoms with Gasteiger partial charge in [-0.05, 0) is 87.5 Å². The molecule has 0 heterocycles. The number of benzene rings is 1. The zero-order valence-electron chi connectivity index (χ0n) is 24.8. The van der Waals surface area contributed by atoms with Crippen molar-refractivity contribution in [1.82, 2.24) is 0 Å². The molecule has 0 saturated heterocycles. The maximum atomic E-state index is 12.7. The Balaban J connectivity index is 1.40. The lowest BCUT2D eigenvalue weighted by Gasteiger charge is -2.38. The van der Waals surface area contributed by atoms with Gasteiger partial charge >= 0.3 is 11.9 Å². The van der Waals surface area contributed by atoms with Gasteiger partial charge in [-0.25, -0.2) is 9.59 Å². The molecule has 0 aliphatic heterocycles. The number of esters is 2. The molecule has 0 unspecified atom stereocenters. The summed E-state index contributed by atoms with van der Waals surface area (Å²) in [5.41, 5.74) is 0.635. The summed E-state index contributed by atoms with van der Waals surface area (Å²) in [5.74, 6) is -0.248. The van der Waals surface area contributed by atoms with Gasteiger partial charge in [0.25, 0.3) is 0 Å². The molecular formula is C34H46O8. The van der Waals surface area contributed by atoms with Gasteiger partial charge in [-0.2, -0.15) is 0 Å². The molecule has 0 atom stereocenters. The summed E-state index contributed by atoms with van der Waals surface area (Å²) in [7, 11) is 0. The lowest BCUT2D eigenvalue weighted by atomic mass is 9.71. The third-order valence-electron chi connectivity index (χ3n) is 8.62. The Morgan fingerprint density at radius 3 is 1.14 bits per heavy atom. The number of carbonyl (C=O) groups excluding carboxylic acids is 2. The quantitative estimate of drug-likeness (QED) is 0.135. The molecule has 2 saturated carbocycles. The summed E-state index contributed by atoms with van der Waals surface area (Å²) >= 11 is 0. The summed E-state index contributed by atoms with van der Waals surface area (Å²) in [6.07, 6.45) is 13.1. The molecule has 0 radical (unpaired) electrons. The van der Waals surface area contributed by atoms with Crippen LogP contribution in [-0.4, -0.2) is 51.6 Å². The van der Waals surface area contributed by atoms with E-state index in [-0.39, 0.29) is 22.7 Å². The molecule has 0 N–H and O–H groups in total. The minimum atomic E-state index is -0.400. The van der Waals surface area contributed by atoms with E-state index in [2.05, 4.69) is 26.3 Å². The van der Waals surface area contributed by atoms with Crippen LogP contribution < -0.4 is 0 Å². The molecule has 1 aromatic rings. The van der Waals surface area contributed by atoms with E-state index in [0.717, 1.165) is 51.4 Å². The molecule has 1 aromatic carbocycles. The average molecular weight is 583 g/mol. The standard InChI is InChI=1S/C34H46O8/c1-5-37-23-33(24-38-6-2)17-13-27(14-18-33)21-41-31(35)29-9-11-30(12-10-29)32(36)42-22-28-15-19-34(20-16-28,25-39-7-3)26-40-8-4/h5-12,27-28H,1-4,13-26H2. The number of rotatable bonds is 18. The molecule has 0 spiro atoms. The molecule has 0 bridgehead atoms. The van der Waals surface area contributed by atoms with Crippen molar-refractivity contribution in [2.45, 2.75) is 51.4 Å². The highest BCUT2D eigenvalue weighted by Crippen LogP contribution is 2.41. The Labute approximate surface area is 250 Å². The molecule has 2 fully saturated rings. The van der Waals surface area contributed by atoms with Crippen LogP contribution in [-0.2, 0) is 28.4 Å². The van der Waals surface area contributed by atoms with Gasteiger partial charge in [-0.1, -0.05) is 26.3 Å². The van der Waals surface area contributed by atoms with Crippen molar-refractivity contribution < 1.29 is 38.0 Å². The number of hydrogen-bond acceptors (Lipinski definition) is 8. The first-order chi connectivity index (χ1) is 20.4. The monoisotopic (exact) mass is 582 g/mol. The maximum Gasteiger partial charge on any atom is 0.338 e. The molecule has 2 aliphatic rings. The van der Waals surface area contributed by atoms with Crippen LogP contribution in [0.2, 0.25) is 0 Å². The van der Waals surface area contributed by atoms with Crippen LogP contribution in [0.1, 0.15) is 72.1 Å². The first kappa shape index (κ1) is 32.8. The molecule has 2 aliphatic carbocycles. The zero-order valence-corrected chi connectivity index (χ0v) is 24.8. The largest absolute Gasteiger partial charge is 0.501 e. The van der Waals surface area contributed by atoms with Crippen LogP contribution in [0.4, 0.5) is 0 Å². The number of hydrogen-bond donors (Lipinski definition) is 0. The number of carbonyl (C=O) groups is 2. The lowest BCUT2D eigenvalue weighted by Crippen LogP contribution is -2.36. The summed E-state index contributed by atoms with van der Waals surface area (Å²) in [5, 5.41) is 0. The summed E-state index contributed by atoms with van der Waals surface area (Å²) in [4.78, 5) is 25.3. The fourth-order valence-corrected chi connectivity index (χ4v) is 5.81. The molecular weight excluding hydrogens is 536 g/mol. The van der Waals surface area contributed by atoms with E-state index in [0.29, 0.717) is 50.8 Å². The minimum Gasteiger partial charge on any atom is -0.501 e. The van der Waals surface area contributed by atoms with Gasteiger partial charge in [-0.3, -0.25) is 0 Å². The Morgan fingerprint density at radius 1 is 0.595 bits per heavy atom. The van der Waals surface area contributed by atoms with Gasteiger partial charge in [0.05, 0.1) is 75.8 Å². The van der Waals surface area contributed by atoms with E-state index >= 15 is 0 Å². The number of ether oxygens (including phenoxy) is 6. The minimum absolute atomic E-state index is 0.0877. The van der Waals surface area contributed by atoms with Crippen molar-refractivity contribution >= 4 is 11.9 Å². The highest BCUT2D eigenvalue weighted by Gasteiger charge is 2.38. The van der Waals surface area contributed by atoms with Crippen LogP contribution in [0, 0.1) is 22.7 Å². The van der Waals surface area contributed by atoms with Crippen LogP contribution >= 0.6 is 0 Å². The summed E-state index contributed by atoms with van der Waals surface area (Å²) in [6, 6.07) is 6.44. The van der Waals surface area contributed by atoms with Crippen molar-refractivity contribution in [2.24, 2.45) is 22.7 Å². The molecule has 8 heteroatoms. The first-order valence-electron chi connectivity index (χ1n) is 14.7. The smallest absolute Gasteiger partial charge is 0.338 e. The van der Waals surface area contributed by atoms with E-state index in [1.807, 2.05) is 0 Å². The normalized spacial score (nSPS) is 18.1. The van der Waals surface area contributed by atoms with Crippen molar-refractivity contribution in [3.8, 4) is 0 Å². The average Bonchev–Trinajstić information content (AvgIpc) is 3.03. The third-order valence-corrected chi connectivity index (χ3v) is 8.62. The second kappa shape index (κ2) is 16.7. The third kappa shape index (κ3) is 9.71. The van der Waals surface area contributed by atoms with Gasteiger partial charge < -0.3 is 28.4 Å². The Hall–Kier alpha value is -3.68. The van der Waals surface area contributed by atoms with Gasteiger partial charge in [0.2, 0.25) is 0 Å². The highest BCUT2D eigenvalue weighted by molar-refractivity contribution is 5.93. The predicted molar refractivity (Wildman–Crippen MR) is 160 cm³/mol. The summed E-state index contributed by atoms with van der Waals surface area (Å²) < 4.78 is 33.2. The van der Waals surface area contributed by atoms with Gasteiger partial charge in [0.15, 0.2) is 0 Å². The molecule has 8 nitrogen and oxygen atoms in total. The first-order valence-corrected chi connectivity index (χ1v) is 14.7. The second-order valence-electron chi connectivity index (χ2n) is 11.6. The topological polar surface area (TPSA) is 89.5 Å². The van der Waals surface area contributed by atoms with Crippen LogP contribution in [0.15, 0.2) is 75.6 Å². The van der Waals surface area contributed by atoms with E-state index in [4.69, 9.17) is 28.4 Å². The molecule has 0 aromatic heterocycles. The second-order valence-corrected chi connectivity index (χ2v) is 11.6. The molecule has 0 amide bonds. The van der Waals surface area contributed by atoms with E-state index in [1.165, 1.54) is 25.0 Å². The van der Waals surface area contributed by atoms with Crippen molar-refractivity contribution in [3.63, 3.8) is 0 Å². The van der Waals surface area contributed by atoms with E-state index < -0.39 is 11.9 Å². The van der Waals surface area contributed by atoms with Crippen molar-refractivity contribution in [2.75, 3.05) is 39.6 Å². The van der Waals surface area contributed by atoms with Gasteiger partial charge in [0.1, 0.15) is 0 Å². The zero-order chi connectivity index (χ0) is 30.3. The van der Waals surface area contributed by atoms with Gasteiger partial charge in [0, 0.05) is 10.8 Å². The van der Waals surface area contributed by atoms with Gasteiger partial charge in [-0.15, -0.1) is 0 Å². The van der Waals surface area contributed by atoms with Crippen molar-refractivity contribution in [3.05, 3.63) is 86.8 Å². The Bertz CT molecular complexity index is 919. The SMILES string of the molecule is C=COCC1(COC=C)CCC(COC(=O)c2ccc(C(=O)OCC3CCC(COC=C)(COC=C)CC3)cc2)CC1. The van der Waals surface area contributed by atoms with E-state index in [1.54, 1.807) is 24.3 Å². The van der Waals surface area contributed by atoms with Crippen molar-refractivity contribution in [1.29, 1.82) is 0 Å². The molecule has 230 valence electrons. The highest BCUT2D eigenvalue weighted by atomic mass is 16.5. The lowest BCUT2D eigenvalue weighted by molar-refractivity contribution is -0.0118. The molecule has 3 rings (SSSR count). The fraction of sp³-hybridized carbons (Fsp3) is 0.529. The fourth-order valence-electron chi connectivity index (χ4n) is 5.81. The summed E-state index contributed by atoms with van der Waals surface area (Å²) in [6.45, 7) is 17.4. The van der Waals surface area contributed by atoms with Crippen LogP contribution in [0.3, 0.4) is 0 Å². The van der Waals surface area contributed by atoms with Crippen LogP contribution in [0.5, 0.6) is 0 Å².